The van der Waals surface area contributed by atoms with Crippen LogP contribution < -0.4 is 10.6 Å². The lowest BCUT2D eigenvalue weighted by Gasteiger charge is -2.09. The third kappa shape index (κ3) is 5.20. The van der Waals surface area contributed by atoms with Crippen LogP contribution in [0, 0.1) is 6.92 Å². The minimum absolute atomic E-state index is 0.0178. The number of carbonyl (C=O) groups excluding carboxylic acids is 2. The van der Waals surface area contributed by atoms with E-state index in [1.165, 1.54) is 0 Å². The van der Waals surface area contributed by atoms with Crippen molar-refractivity contribution in [2.75, 3.05) is 5.32 Å². The van der Waals surface area contributed by atoms with E-state index in [2.05, 4.69) is 26.6 Å². The Kier molecular flexibility index (Phi) is 6.55. The topological polar surface area (TPSA) is 58.2 Å². The Bertz CT molecular complexity index is 727. The Morgan fingerprint density at radius 2 is 1.79 bits per heavy atom. The van der Waals surface area contributed by atoms with E-state index in [1.807, 2.05) is 50.2 Å². The average molecular weight is 389 g/mol. The highest BCUT2D eigenvalue weighted by Gasteiger charge is 2.09. The first-order valence-corrected chi connectivity index (χ1v) is 8.72. The molecule has 126 valence electrons. The van der Waals surface area contributed by atoms with E-state index in [-0.39, 0.29) is 11.8 Å². The van der Waals surface area contributed by atoms with Crippen molar-refractivity contribution in [1.29, 1.82) is 0 Å². The van der Waals surface area contributed by atoms with Gasteiger partial charge in [0.15, 0.2) is 0 Å². The van der Waals surface area contributed by atoms with Crippen LogP contribution >= 0.6 is 15.9 Å². The van der Waals surface area contributed by atoms with Crippen molar-refractivity contribution in [3.63, 3.8) is 0 Å². The normalized spacial score (nSPS) is 10.3. The Hall–Kier alpha value is -2.14. The number of hydrogen-bond donors (Lipinski definition) is 2. The standard InChI is InChI=1S/C19H21BrN2O2/c1-3-4-18(23)22-16-8-5-14(6-9-16)12-21-19(24)17-10-7-15(20)11-13(17)2/h5-11H,3-4,12H2,1-2H3,(H,21,24)(H,22,23). The molecule has 2 aromatic carbocycles. The summed E-state index contributed by atoms with van der Waals surface area (Å²) in [6.07, 6.45) is 1.34. The van der Waals surface area contributed by atoms with Crippen molar-refractivity contribution in [3.05, 3.63) is 63.6 Å². The maximum atomic E-state index is 12.3. The van der Waals surface area contributed by atoms with Gasteiger partial charge in [0.05, 0.1) is 0 Å². The van der Waals surface area contributed by atoms with Crippen LogP contribution in [0.25, 0.3) is 0 Å². The molecule has 0 spiro atoms. The summed E-state index contributed by atoms with van der Waals surface area (Å²) in [5.74, 6) is -0.0791. The molecule has 0 atom stereocenters. The number of hydrogen-bond acceptors (Lipinski definition) is 2. The monoisotopic (exact) mass is 388 g/mol. The van der Waals surface area contributed by atoms with Crippen LogP contribution in [0.4, 0.5) is 5.69 Å². The van der Waals surface area contributed by atoms with Crippen molar-refractivity contribution in [1.82, 2.24) is 5.32 Å². The van der Waals surface area contributed by atoms with Gasteiger partial charge in [0.1, 0.15) is 0 Å². The van der Waals surface area contributed by atoms with Crippen molar-refractivity contribution in [3.8, 4) is 0 Å². The molecule has 2 N–H and O–H groups in total. The Balaban J connectivity index is 1.92. The second-order valence-electron chi connectivity index (χ2n) is 5.64. The van der Waals surface area contributed by atoms with E-state index in [0.29, 0.717) is 18.5 Å². The van der Waals surface area contributed by atoms with Crippen LogP contribution in [-0.4, -0.2) is 11.8 Å². The van der Waals surface area contributed by atoms with Crippen molar-refractivity contribution < 1.29 is 9.59 Å². The number of carbonyl (C=O) groups is 2. The van der Waals surface area contributed by atoms with Crippen molar-refractivity contribution in [2.45, 2.75) is 33.2 Å². The first kappa shape index (κ1) is 18.2. The van der Waals surface area contributed by atoms with Crippen LogP contribution in [0.1, 0.15) is 41.3 Å². The van der Waals surface area contributed by atoms with Crippen LogP contribution in [0.3, 0.4) is 0 Å². The van der Waals surface area contributed by atoms with E-state index in [0.717, 1.165) is 27.7 Å². The van der Waals surface area contributed by atoms with Crippen molar-refractivity contribution in [2.24, 2.45) is 0 Å². The number of halogens is 1. The molecule has 0 saturated heterocycles. The lowest BCUT2D eigenvalue weighted by Crippen LogP contribution is -2.23. The summed E-state index contributed by atoms with van der Waals surface area (Å²) < 4.78 is 0.956. The van der Waals surface area contributed by atoms with Gasteiger partial charge < -0.3 is 10.6 Å². The number of nitrogens with one attached hydrogen (secondary N) is 2. The SMILES string of the molecule is CCCC(=O)Nc1ccc(CNC(=O)c2ccc(Br)cc2C)cc1. The lowest BCUT2D eigenvalue weighted by molar-refractivity contribution is -0.116. The second-order valence-corrected chi connectivity index (χ2v) is 6.55. The molecule has 0 radical (unpaired) electrons. The molecule has 0 fully saturated rings. The summed E-state index contributed by atoms with van der Waals surface area (Å²) >= 11 is 3.39. The minimum atomic E-state index is -0.0969. The fourth-order valence-corrected chi connectivity index (χ4v) is 2.79. The molecule has 0 saturated carbocycles. The molecule has 4 nitrogen and oxygen atoms in total. The van der Waals surface area contributed by atoms with Gasteiger partial charge in [-0.25, -0.2) is 0 Å². The van der Waals surface area contributed by atoms with Gasteiger partial charge in [-0.05, 0) is 54.8 Å². The first-order valence-electron chi connectivity index (χ1n) is 7.92. The second kappa shape index (κ2) is 8.64. The molecule has 0 bridgehead atoms. The molecule has 2 aromatic rings. The summed E-state index contributed by atoms with van der Waals surface area (Å²) in [7, 11) is 0. The quantitative estimate of drug-likeness (QED) is 0.768. The van der Waals surface area contributed by atoms with Gasteiger partial charge in [-0.3, -0.25) is 9.59 Å². The fraction of sp³-hybridized carbons (Fsp3) is 0.263. The van der Waals surface area contributed by atoms with E-state index in [9.17, 15) is 9.59 Å². The van der Waals surface area contributed by atoms with Gasteiger partial charge in [-0.15, -0.1) is 0 Å². The zero-order valence-corrected chi connectivity index (χ0v) is 15.4. The summed E-state index contributed by atoms with van der Waals surface area (Å²) in [6.45, 7) is 4.32. The van der Waals surface area contributed by atoms with Crippen LogP contribution in [0.15, 0.2) is 46.9 Å². The van der Waals surface area contributed by atoms with E-state index < -0.39 is 0 Å². The zero-order valence-electron chi connectivity index (χ0n) is 13.9. The molecule has 0 aliphatic rings. The Labute approximate surface area is 150 Å². The predicted molar refractivity (Wildman–Crippen MR) is 100 cm³/mol. The maximum absolute atomic E-state index is 12.3. The highest BCUT2D eigenvalue weighted by Crippen LogP contribution is 2.16. The highest BCUT2D eigenvalue weighted by molar-refractivity contribution is 9.10. The predicted octanol–water partition coefficient (Wildman–Crippen LogP) is 4.43. The van der Waals surface area contributed by atoms with Crippen LogP contribution in [0.5, 0.6) is 0 Å². The third-order valence-electron chi connectivity index (χ3n) is 3.60. The number of rotatable bonds is 6. The van der Waals surface area contributed by atoms with Gasteiger partial charge in [0.2, 0.25) is 5.91 Å². The molecule has 2 amide bonds. The molecule has 0 heterocycles. The van der Waals surface area contributed by atoms with E-state index >= 15 is 0 Å². The zero-order chi connectivity index (χ0) is 17.5. The number of benzene rings is 2. The minimum Gasteiger partial charge on any atom is -0.348 e. The van der Waals surface area contributed by atoms with Gasteiger partial charge >= 0.3 is 0 Å². The number of amides is 2. The molecule has 0 aliphatic carbocycles. The van der Waals surface area contributed by atoms with Crippen LogP contribution in [0.2, 0.25) is 0 Å². The molecular formula is C19H21BrN2O2. The molecular weight excluding hydrogens is 368 g/mol. The molecule has 5 heteroatoms. The molecule has 2 rings (SSSR count). The van der Waals surface area contributed by atoms with E-state index in [1.54, 1.807) is 6.07 Å². The van der Waals surface area contributed by atoms with Gasteiger partial charge in [0, 0.05) is 28.7 Å². The summed E-state index contributed by atoms with van der Waals surface area (Å²) in [4.78, 5) is 23.8. The molecule has 0 aromatic heterocycles. The van der Waals surface area contributed by atoms with Gasteiger partial charge in [0.25, 0.3) is 5.91 Å². The van der Waals surface area contributed by atoms with Gasteiger partial charge in [-0.1, -0.05) is 35.0 Å². The molecule has 0 unspecified atom stereocenters. The largest absolute Gasteiger partial charge is 0.348 e. The summed E-state index contributed by atoms with van der Waals surface area (Å²) in [6, 6.07) is 13.1. The average Bonchev–Trinajstić information content (AvgIpc) is 2.54. The first-order chi connectivity index (χ1) is 11.5. The number of anilines is 1. The highest BCUT2D eigenvalue weighted by atomic mass is 79.9. The fourth-order valence-electron chi connectivity index (χ4n) is 2.32. The van der Waals surface area contributed by atoms with Crippen molar-refractivity contribution >= 4 is 33.4 Å². The third-order valence-corrected chi connectivity index (χ3v) is 4.09. The lowest BCUT2D eigenvalue weighted by atomic mass is 10.1. The Morgan fingerprint density at radius 3 is 2.42 bits per heavy atom. The molecule has 24 heavy (non-hydrogen) atoms. The molecule has 0 aliphatic heterocycles. The summed E-state index contributed by atoms with van der Waals surface area (Å²) in [5.41, 5.74) is 3.34. The van der Waals surface area contributed by atoms with E-state index in [4.69, 9.17) is 0 Å². The number of aryl methyl sites for hydroxylation is 1. The smallest absolute Gasteiger partial charge is 0.251 e. The van der Waals surface area contributed by atoms with Crippen LogP contribution in [-0.2, 0) is 11.3 Å². The summed E-state index contributed by atoms with van der Waals surface area (Å²) in [5, 5.41) is 5.76. The Morgan fingerprint density at radius 1 is 1.08 bits per heavy atom. The maximum Gasteiger partial charge on any atom is 0.251 e. The van der Waals surface area contributed by atoms with Gasteiger partial charge in [-0.2, -0.15) is 0 Å².